The molecule has 0 spiro atoms. The highest BCUT2D eigenvalue weighted by molar-refractivity contribution is 6.31. The van der Waals surface area contributed by atoms with Crippen LogP contribution in [0.4, 0.5) is 0 Å². The summed E-state index contributed by atoms with van der Waals surface area (Å²) in [6, 6.07) is 7.08. The Labute approximate surface area is 121 Å². The molecule has 0 radical (unpaired) electrons. The van der Waals surface area contributed by atoms with Gasteiger partial charge in [0, 0.05) is 16.8 Å². The highest BCUT2D eigenvalue weighted by Crippen LogP contribution is 2.23. The van der Waals surface area contributed by atoms with E-state index in [2.05, 4.69) is 0 Å². The van der Waals surface area contributed by atoms with E-state index in [0.717, 1.165) is 5.39 Å². The van der Waals surface area contributed by atoms with Crippen LogP contribution in [0.1, 0.15) is 25.5 Å². The fraction of sp³-hybridized carbons (Fsp3) is 0.333. The van der Waals surface area contributed by atoms with Gasteiger partial charge in [-0.2, -0.15) is 0 Å². The third kappa shape index (κ3) is 3.84. The number of benzene rings is 1. The Morgan fingerprint density at radius 1 is 1.25 bits per heavy atom. The molecule has 1 aromatic carbocycles. The zero-order valence-corrected chi connectivity index (χ0v) is 11.9. The summed E-state index contributed by atoms with van der Waals surface area (Å²) in [5.41, 5.74) is 0.697. The molecular formula is C15H15ClO4. The minimum Gasteiger partial charge on any atom is -0.466 e. The number of ketones is 1. The zero-order valence-electron chi connectivity index (χ0n) is 11.1. The predicted octanol–water partition coefficient (Wildman–Crippen LogP) is 3.54. The normalized spacial score (nSPS) is 10.7. The SMILES string of the molecule is CCOC(=O)CCC(=O)Cc1cc2cc(Cl)ccc2o1. The molecule has 0 N–H and O–H groups in total. The molecule has 2 aromatic rings. The molecule has 0 fully saturated rings. The van der Waals surface area contributed by atoms with Crippen molar-refractivity contribution in [1.29, 1.82) is 0 Å². The van der Waals surface area contributed by atoms with Crippen molar-refractivity contribution in [3.05, 3.63) is 35.0 Å². The lowest BCUT2D eigenvalue weighted by molar-refractivity contribution is -0.144. The van der Waals surface area contributed by atoms with Crippen LogP contribution >= 0.6 is 11.6 Å². The Bertz CT molecular complexity index is 630. The van der Waals surface area contributed by atoms with Gasteiger partial charge in [0.15, 0.2) is 0 Å². The van der Waals surface area contributed by atoms with Gasteiger partial charge in [-0.25, -0.2) is 0 Å². The van der Waals surface area contributed by atoms with E-state index in [4.69, 9.17) is 20.8 Å². The fourth-order valence-electron chi connectivity index (χ4n) is 1.91. The summed E-state index contributed by atoms with van der Waals surface area (Å²) in [5, 5.41) is 1.49. The van der Waals surface area contributed by atoms with Gasteiger partial charge in [0.2, 0.25) is 0 Å². The Morgan fingerprint density at radius 2 is 2.05 bits per heavy atom. The fourth-order valence-corrected chi connectivity index (χ4v) is 2.09. The van der Waals surface area contributed by atoms with E-state index in [1.807, 2.05) is 0 Å². The summed E-state index contributed by atoms with van der Waals surface area (Å²) in [4.78, 5) is 22.9. The second-order valence-corrected chi connectivity index (χ2v) is 4.85. The lowest BCUT2D eigenvalue weighted by Crippen LogP contribution is -2.09. The van der Waals surface area contributed by atoms with Gasteiger partial charge in [-0.15, -0.1) is 0 Å². The van der Waals surface area contributed by atoms with Crippen LogP contribution < -0.4 is 0 Å². The lowest BCUT2D eigenvalue weighted by Gasteiger charge is -2.00. The highest BCUT2D eigenvalue weighted by Gasteiger charge is 2.11. The topological polar surface area (TPSA) is 56.5 Å². The maximum absolute atomic E-state index is 11.8. The first-order chi connectivity index (χ1) is 9.58. The first-order valence-electron chi connectivity index (χ1n) is 6.43. The van der Waals surface area contributed by atoms with Crippen molar-refractivity contribution in [2.24, 2.45) is 0 Å². The van der Waals surface area contributed by atoms with E-state index in [1.54, 1.807) is 31.2 Å². The molecule has 0 aliphatic carbocycles. The number of esters is 1. The smallest absolute Gasteiger partial charge is 0.306 e. The third-order valence-electron chi connectivity index (χ3n) is 2.81. The van der Waals surface area contributed by atoms with E-state index in [0.29, 0.717) is 23.0 Å². The monoisotopic (exact) mass is 294 g/mol. The molecule has 0 saturated heterocycles. The molecular weight excluding hydrogens is 280 g/mol. The Kier molecular flexibility index (Phi) is 4.79. The molecule has 106 valence electrons. The minimum absolute atomic E-state index is 0.0526. The molecule has 0 unspecified atom stereocenters. The number of hydrogen-bond donors (Lipinski definition) is 0. The van der Waals surface area contributed by atoms with Gasteiger partial charge in [0.05, 0.1) is 19.4 Å². The third-order valence-corrected chi connectivity index (χ3v) is 3.05. The van der Waals surface area contributed by atoms with E-state index in [1.165, 1.54) is 0 Å². The molecule has 2 rings (SSSR count). The van der Waals surface area contributed by atoms with Gasteiger partial charge in [-0.1, -0.05) is 11.6 Å². The molecule has 0 aliphatic rings. The Morgan fingerprint density at radius 3 is 2.80 bits per heavy atom. The molecule has 1 heterocycles. The number of fused-ring (bicyclic) bond motifs is 1. The van der Waals surface area contributed by atoms with Gasteiger partial charge in [-0.05, 0) is 31.2 Å². The van der Waals surface area contributed by atoms with Gasteiger partial charge in [0.1, 0.15) is 17.1 Å². The first kappa shape index (κ1) is 14.6. The van der Waals surface area contributed by atoms with Gasteiger partial charge >= 0.3 is 5.97 Å². The van der Waals surface area contributed by atoms with Gasteiger partial charge in [0.25, 0.3) is 0 Å². The van der Waals surface area contributed by atoms with Gasteiger partial charge < -0.3 is 9.15 Å². The second kappa shape index (κ2) is 6.57. The average Bonchev–Trinajstić information content (AvgIpc) is 2.78. The first-order valence-corrected chi connectivity index (χ1v) is 6.81. The molecule has 0 atom stereocenters. The Balaban J connectivity index is 1.94. The van der Waals surface area contributed by atoms with Crippen LogP contribution in [0.25, 0.3) is 11.0 Å². The second-order valence-electron chi connectivity index (χ2n) is 4.42. The number of hydrogen-bond acceptors (Lipinski definition) is 4. The summed E-state index contributed by atoms with van der Waals surface area (Å²) in [6.07, 6.45) is 0.446. The molecule has 5 heteroatoms. The van der Waals surface area contributed by atoms with Crippen molar-refractivity contribution in [3.8, 4) is 0 Å². The van der Waals surface area contributed by atoms with Crippen LogP contribution in [0.5, 0.6) is 0 Å². The van der Waals surface area contributed by atoms with Crippen LogP contribution in [0.3, 0.4) is 0 Å². The molecule has 20 heavy (non-hydrogen) atoms. The van der Waals surface area contributed by atoms with E-state index in [9.17, 15) is 9.59 Å². The molecule has 1 aromatic heterocycles. The minimum atomic E-state index is -0.350. The quantitative estimate of drug-likeness (QED) is 0.765. The average molecular weight is 295 g/mol. The molecule has 0 aliphatic heterocycles. The standard InChI is InChI=1S/C15H15ClO4/c1-2-19-15(18)6-4-12(17)9-13-8-10-7-11(16)3-5-14(10)20-13/h3,5,7-8H,2,4,6,9H2,1H3. The summed E-state index contributed by atoms with van der Waals surface area (Å²) in [7, 11) is 0. The van der Waals surface area contributed by atoms with Crippen molar-refractivity contribution in [2.45, 2.75) is 26.2 Å². The highest BCUT2D eigenvalue weighted by atomic mass is 35.5. The largest absolute Gasteiger partial charge is 0.466 e. The van der Waals surface area contributed by atoms with Crippen molar-refractivity contribution in [2.75, 3.05) is 6.61 Å². The van der Waals surface area contributed by atoms with Gasteiger partial charge in [-0.3, -0.25) is 9.59 Å². The lowest BCUT2D eigenvalue weighted by atomic mass is 10.1. The molecule has 0 amide bonds. The summed E-state index contributed by atoms with van der Waals surface area (Å²) < 4.78 is 10.3. The number of carbonyl (C=O) groups is 2. The van der Waals surface area contributed by atoms with Crippen LogP contribution in [-0.2, 0) is 20.7 Å². The number of Topliss-reactive ketones (excluding diaryl/α,β-unsaturated/α-hetero) is 1. The number of halogens is 1. The van der Waals surface area contributed by atoms with Crippen LogP contribution in [0, 0.1) is 0 Å². The van der Waals surface area contributed by atoms with Crippen molar-refractivity contribution in [3.63, 3.8) is 0 Å². The number of rotatable bonds is 6. The molecule has 0 saturated carbocycles. The van der Waals surface area contributed by atoms with Crippen LogP contribution in [0.15, 0.2) is 28.7 Å². The number of furan rings is 1. The summed E-state index contributed by atoms with van der Waals surface area (Å²) in [5.74, 6) is 0.177. The van der Waals surface area contributed by atoms with E-state index < -0.39 is 0 Å². The van der Waals surface area contributed by atoms with Crippen molar-refractivity contribution < 1.29 is 18.7 Å². The van der Waals surface area contributed by atoms with Crippen LogP contribution in [-0.4, -0.2) is 18.4 Å². The summed E-state index contributed by atoms with van der Waals surface area (Å²) >= 11 is 5.89. The molecule has 4 nitrogen and oxygen atoms in total. The van der Waals surface area contributed by atoms with E-state index in [-0.39, 0.29) is 31.0 Å². The predicted molar refractivity (Wildman–Crippen MR) is 75.8 cm³/mol. The van der Waals surface area contributed by atoms with E-state index >= 15 is 0 Å². The summed E-state index contributed by atoms with van der Waals surface area (Å²) in [6.45, 7) is 2.07. The maximum atomic E-state index is 11.8. The van der Waals surface area contributed by atoms with Crippen molar-refractivity contribution in [1.82, 2.24) is 0 Å². The maximum Gasteiger partial charge on any atom is 0.306 e. The van der Waals surface area contributed by atoms with Crippen LogP contribution in [0.2, 0.25) is 5.02 Å². The Hall–Kier alpha value is -1.81. The molecule has 0 bridgehead atoms. The number of carbonyl (C=O) groups excluding carboxylic acids is 2. The number of ether oxygens (including phenoxy) is 1. The van der Waals surface area contributed by atoms with Crippen molar-refractivity contribution >= 4 is 34.3 Å². The zero-order chi connectivity index (χ0) is 14.5.